The third-order valence-corrected chi connectivity index (χ3v) is 10.2. The average Bonchev–Trinajstić information content (AvgIpc) is 3.73. The fraction of sp³-hybridized carbons (Fsp3) is 0.0244. The van der Waals surface area contributed by atoms with Crippen LogP contribution in [-0.2, 0) is 6.54 Å². The molecule has 0 spiro atoms. The summed E-state index contributed by atoms with van der Waals surface area (Å²) < 4.78 is 6.12. The Kier molecular flexibility index (Phi) is 5.90. The largest absolute Gasteiger partial charge is 0.405 e. The van der Waals surface area contributed by atoms with Crippen LogP contribution in [-0.4, -0.2) is 9.13 Å². The van der Waals surface area contributed by atoms with Crippen molar-refractivity contribution in [1.82, 2.24) is 9.13 Å². The number of thiophene rings is 1. The van der Waals surface area contributed by atoms with Crippen molar-refractivity contribution in [3.05, 3.63) is 156 Å². The van der Waals surface area contributed by atoms with Crippen LogP contribution in [0.3, 0.4) is 0 Å². The van der Waals surface area contributed by atoms with Crippen LogP contribution in [0, 0.1) is 0 Å². The predicted octanol–water partition coefficient (Wildman–Crippen LogP) is 10.8. The molecule has 0 amide bonds. The van der Waals surface area contributed by atoms with Gasteiger partial charge in [-0.1, -0.05) is 84.9 Å². The number of para-hydroxylation sites is 3. The number of hydrogen-bond donors (Lipinski definition) is 1. The summed E-state index contributed by atoms with van der Waals surface area (Å²) in [6.45, 7) is 0.785. The third kappa shape index (κ3) is 4.03. The molecule has 45 heavy (non-hydrogen) atoms. The molecule has 2 N–H and O–H groups in total. The Bertz CT molecular complexity index is 2580. The van der Waals surface area contributed by atoms with Gasteiger partial charge in [0, 0.05) is 53.2 Å². The van der Waals surface area contributed by atoms with Crippen LogP contribution in [0.5, 0.6) is 0 Å². The Balaban J connectivity index is 1.21. The first-order valence-corrected chi connectivity index (χ1v) is 16.1. The number of rotatable bonds is 5. The lowest BCUT2D eigenvalue weighted by Crippen LogP contribution is -1.99. The van der Waals surface area contributed by atoms with Crippen molar-refractivity contribution < 1.29 is 0 Å². The number of fused-ring (bicyclic) bond motifs is 7. The van der Waals surface area contributed by atoms with Gasteiger partial charge in [0.25, 0.3) is 0 Å². The van der Waals surface area contributed by atoms with E-state index in [-0.39, 0.29) is 0 Å². The van der Waals surface area contributed by atoms with Gasteiger partial charge in [0.2, 0.25) is 0 Å². The maximum Gasteiger partial charge on any atom is 0.0581 e. The summed E-state index contributed by atoms with van der Waals surface area (Å²) in [4.78, 5) is 1.31. The van der Waals surface area contributed by atoms with Crippen molar-refractivity contribution in [1.29, 1.82) is 0 Å². The van der Waals surface area contributed by atoms with Crippen LogP contribution in [0.2, 0.25) is 0 Å². The third-order valence-electron chi connectivity index (χ3n) is 9.07. The zero-order valence-corrected chi connectivity index (χ0v) is 25.3. The molecule has 0 saturated heterocycles. The Morgan fingerprint density at radius 2 is 1.09 bits per heavy atom. The minimum absolute atomic E-state index is 0.785. The van der Waals surface area contributed by atoms with E-state index in [1.54, 1.807) is 6.20 Å². The molecule has 0 aliphatic rings. The van der Waals surface area contributed by atoms with E-state index >= 15 is 0 Å². The molecule has 4 heteroatoms. The van der Waals surface area contributed by atoms with E-state index in [0.717, 1.165) is 6.54 Å². The van der Waals surface area contributed by atoms with E-state index in [2.05, 4.69) is 149 Å². The van der Waals surface area contributed by atoms with Crippen LogP contribution >= 0.6 is 11.3 Å². The van der Waals surface area contributed by atoms with Gasteiger partial charge in [0.05, 0.1) is 17.6 Å². The van der Waals surface area contributed by atoms with Gasteiger partial charge >= 0.3 is 0 Å². The number of aromatic nitrogens is 2. The highest BCUT2D eigenvalue weighted by atomic mass is 32.1. The zero-order chi connectivity index (χ0) is 29.9. The van der Waals surface area contributed by atoms with Gasteiger partial charge in [-0.3, -0.25) is 0 Å². The van der Waals surface area contributed by atoms with E-state index < -0.39 is 0 Å². The van der Waals surface area contributed by atoms with Gasteiger partial charge in [0.15, 0.2) is 0 Å². The summed E-state index contributed by atoms with van der Waals surface area (Å²) in [7, 11) is 0. The van der Waals surface area contributed by atoms with Crippen molar-refractivity contribution in [3.8, 4) is 16.8 Å². The highest BCUT2D eigenvalue weighted by Crippen LogP contribution is 2.39. The number of benzene rings is 6. The molecule has 0 unspecified atom stereocenters. The van der Waals surface area contributed by atoms with E-state index in [9.17, 15) is 0 Å². The summed E-state index contributed by atoms with van der Waals surface area (Å²) in [5.41, 5.74) is 15.7. The van der Waals surface area contributed by atoms with Crippen molar-refractivity contribution in [3.63, 3.8) is 0 Å². The molecule has 3 nitrogen and oxygen atoms in total. The maximum absolute atomic E-state index is 5.92. The van der Waals surface area contributed by atoms with E-state index in [1.807, 2.05) is 17.4 Å². The minimum Gasteiger partial charge on any atom is -0.405 e. The molecular formula is C41H29N3S. The van der Waals surface area contributed by atoms with Crippen LogP contribution < -0.4 is 5.73 Å². The number of nitrogens with zero attached hydrogens (tertiary/aromatic N) is 2. The lowest BCUT2D eigenvalue weighted by Gasteiger charge is -2.09. The molecular weight excluding hydrogens is 567 g/mol. The first-order chi connectivity index (χ1) is 22.3. The van der Waals surface area contributed by atoms with Crippen molar-refractivity contribution >= 4 is 71.1 Å². The molecule has 0 fully saturated rings. The minimum atomic E-state index is 0.785. The second kappa shape index (κ2) is 10.3. The molecule has 9 rings (SSSR count). The summed E-state index contributed by atoms with van der Waals surface area (Å²) in [6.07, 6.45) is 3.70. The molecule has 0 bridgehead atoms. The monoisotopic (exact) mass is 595 g/mol. The molecule has 9 aromatic rings. The fourth-order valence-corrected chi connectivity index (χ4v) is 8.25. The molecule has 214 valence electrons. The van der Waals surface area contributed by atoms with Crippen LogP contribution in [0.1, 0.15) is 10.4 Å². The molecule has 3 heterocycles. The lowest BCUT2D eigenvalue weighted by atomic mass is 10.0. The highest BCUT2D eigenvalue weighted by molar-refractivity contribution is 7.19. The highest BCUT2D eigenvalue weighted by Gasteiger charge is 2.17. The van der Waals surface area contributed by atoms with E-state index in [4.69, 9.17) is 5.73 Å². The zero-order valence-electron chi connectivity index (χ0n) is 24.5. The van der Waals surface area contributed by atoms with Gasteiger partial charge in [-0.05, 0) is 83.6 Å². The molecule has 0 atom stereocenters. The van der Waals surface area contributed by atoms with Gasteiger partial charge in [0.1, 0.15) is 0 Å². The molecule has 0 aliphatic carbocycles. The standard InChI is InChI=1S/C41H29N3S/c42-23-22-33-32-14-6-9-17-40(32)45-41(33)26-43-36-15-7-4-12-30(36)34-24-27(18-20-37(34)43)28-19-21-39-35(25-28)31-13-5-8-16-38(31)44(39)29-10-2-1-3-11-29/h1-25H,26,42H2/b23-22-. The van der Waals surface area contributed by atoms with Gasteiger partial charge in [-0.15, -0.1) is 11.3 Å². The molecule has 0 radical (unpaired) electrons. The van der Waals surface area contributed by atoms with Crippen LogP contribution in [0.4, 0.5) is 0 Å². The second-order valence-electron chi connectivity index (χ2n) is 11.5. The van der Waals surface area contributed by atoms with Crippen LogP contribution in [0.15, 0.2) is 146 Å². The Hall–Kier alpha value is -5.58. The quantitative estimate of drug-likeness (QED) is 0.211. The van der Waals surface area contributed by atoms with E-state index in [1.165, 1.54) is 81.0 Å². The fourth-order valence-electron chi connectivity index (χ4n) is 7.07. The Morgan fingerprint density at radius 3 is 1.84 bits per heavy atom. The predicted molar refractivity (Wildman–Crippen MR) is 193 cm³/mol. The number of nitrogens with two attached hydrogens (primary N) is 1. The summed E-state index contributed by atoms with van der Waals surface area (Å²) in [5, 5.41) is 6.33. The van der Waals surface area contributed by atoms with Crippen molar-refractivity contribution in [2.75, 3.05) is 0 Å². The number of hydrogen-bond acceptors (Lipinski definition) is 2. The van der Waals surface area contributed by atoms with Crippen LogP contribution in [0.25, 0.3) is 76.6 Å². The molecule has 0 aliphatic heterocycles. The molecule has 6 aromatic carbocycles. The average molecular weight is 596 g/mol. The summed E-state index contributed by atoms with van der Waals surface area (Å²) in [5.74, 6) is 0. The van der Waals surface area contributed by atoms with Gasteiger partial charge in [-0.2, -0.15) is 0 Å². The smallest absolute Gasteiger partial charge is 0.0581 e. The van der Waals surface area contributed by atoms with Crippen molar-refractivity contribution in [2.24, 2.45) is 5.73 Å². The topological polar surface area (TPSA) is 35.9 Å². The summed E-state index contributed by atoms with van der Waals surface area (Å²) in [6, 6.07) is 50.6. The summed E-state index contributed by atoms with van der Waals surface area (Å²) >= 11 is 1.85. The Labute approximate surface area is 264 Å². The van der Waals surface area contributed by atoms with Crippen molar-refractivity contribution in [2.45, 2.75) is 6.54 Å². The maximum atomic E-state index is 5.92. The second-order valence-corrected chi connectivity index (χ2v) is 12.7. The van der Waals surface area contributed by atoms with Gasteiger partial charge < -0.3 is 14.9 Å². The first-order valence-electron chi connectivity index (χ1n) is 15.3. The first kappa shape index (κ1) is 25.9. The Morgan fingerprint density at radius 1 is 0.533 bits per heavy atom. The van der Waals surface area contributed by atoms with E-state index in [0.29, 0.717) is 0 Å². The molecule has 3 aromatic heterocycles. The normalized spacial score (nSPS) is 12.1. The lowest BCUT2D eigenvalue weighted by molar-refractivity contribution is 0.884. The SMILES string of the molecule is N/C=C\c1c(Cn2c3ccccc3c3cc(-c4ccc5c(c4)c4ccccc4n5-c4ccccc4)ccc32)sc2ccccc12. The van der Waals surface area contributed by atoms with Gasteiger partial charge in [-0.25, -0.2) is 0 Å². The molecule has 0 saturated carbocycles.